The molecule has 0 bridgehead atoms. The Hall–Kier alpha value is -0.410. The maximum Gasteiger partial charge on any atom is 0.137 e. The molecule has 0 aromatic rings. The van der Waals surface area contributed by atoms with Crippen molar-refractivity contribution in [2.45, 2.75) is 32.4 Å². The van der Waals surface area contributed by atoms with Crippen LogP contribution in [0.4, 0.5) is 0 Å². The van der Waals surface area contributed by atoms with E-state index in [0.717, 1.165) is 12.7 Å². The van der Waals surface area contributed by atoms with Gasteiger partial charge in [0, 0.05) is 6.04 Å². The van der Waals surface area contributed by atoms with Crippen LogP contribution in [0.25, 0.3) is 0 Å². The van der Waals surface area contributed by atoms with Crippen molar-refractivity contribution in [2.24, 2.45) is 11.8 Å². The van der Waals surface area contributed by atoms with Crippen molar-refractivity contribution in [3.8, 4) is 0 Å². The fraction of sp³-hybridized carbons (Fsp3) is 0.889. The van der Waals surface area contributed by atoms with Crippen LogP contribution in [0.1, 0.15) is 20.3 Å². The summed E-state index contributed by atoms with van der Waals surface area (Å²) in [5.74, 6) is 0.892. The summed E-state index contributed by atoms with van der Waals surface area (Å²) in [5.41, 5.74) is 0. The molecule has 2 unspecified atom stereocenters. The first kappa shape index (κ1) is 9.68. The van der Waals surface area contributed by atoms with Crippen LogP contribution >= 0.6 is 0 Å². The van der Waals surface area contributed by atoms with Gasteiger partial charge in [-0.3, -0.25) is 0 Å². The number of aliphatic hydroxyl groups excluding tert-OH is 1. The highest BCUT2D eigenvalue weighted by atomic mass is 16.3. The summed E-state index contributed by atoms with van der Waals surface area (Å²) in [6, 6.07) is 0.0646. The van der Waals surface area contributed by atoms with Crippen LogP contribution in [0.15, 0.2) is 0 Å². The predicted octanol–water partition coefficient (Wildman–Crippen LogP) is 0.180. The van der Waals surface area contributed by atoms with E-state index < -0.39 is 0 Å². The molecule has 1 rings (SSSR count). The second-order valence-corrected chi connectivity index (χ2v) is 3.85. The SMILES string of the molecule is CC(C)C1C[C@H](CO)NC1C=O. The monoisotopic (exact) mass is 171 g/mol. The Labute approximate surface area is 73.2 Å². The lowest BCUT2D eigenvalue weighted by atomic mass is 9.88. The number of aliphatic hydroxyl groups is 1. The van der Waals surface area contributed by atoms with E-state index in [9.17, 15) is 4.79 Å². The Morgan fingerprint density at radius 3 is 2.67 bits per heavy atom. The third-order valence-corrected chi connectivity index (χ3v) is 2.67. The Kier molecular flexibility index (Phi) is 3.23. The summed E-state index contributed by atoms with van der Waals surface area (Å²) in [7, 11) is 0. The molecule has 12 heavy (non-hydrogen) atoms. The van der Waals surface area contributed by atoms with Crippen LogP contribution in [0.3, 0.4) is 0 Å². The molecule has 3 nitrogen and oxygen atoms in total. The van der Waals surface area contributed by atoms with Crippen LogP contribution in [-0.2, 0) is 4.79 Å². The van der Waals surface area contributed by atoms with E-state index in [2.05, 4.69) is 19.2 Å². The average molecular weight is 171 g/mol. The second-order valence-electron chi connectivity index (χ2n) is 3.85. The van der Waals surface area contributed by atoms with Gasteiger partial charge in [0.2, 0.25) is 0 Å². The van der Waals surface area contributed by atoms with Gasteiger partial charge in [-0.15, -0.1) is 0 Å². The first-order valence-electron chi connectivity index (χ1n) is 4.51. The molecule has 1 aliphatic heterocycles. The summed E-state index contributed by atoms with van der Waals surface area (Å²) >= 11 is 0. The number of carbonyl (C=O) groups excluding carboxylic acids is 1. The van der Waals surface area contributed by atoms with Crippen molar-refractivity contribution < 1.29 is 9.90 Å². The van der Waals surface area contributed by atoms with Crippen LogP contribution in [0.5, 0.6) is 0 Å². The van der Waals surface area contributed by atoms with Crippen molar-refractivity contribution in [1.82, 2.24) is 5.32 Å². The number of hydrogen-bond acceptors (Lipinski definition) is 3. The predicted molar refractivity (Wildman–Crippen MR) is 46.8 cm³/mol. The summed E-state index contributed by atoms with van der Waals surface area (Å²) in [6.07, 6.45) is 1.87. The lowest BCUT2D eigenvalue weighted by Gasteiger charge is -2.17. The third-order valence-electron chi connectivity index (χ3n) is 2.67. The maximum absolute atomic E-state index is 10.6. The molecule has 0 saturated carbocycles. The number of aldehydes is 1. The highest BCUT2D eigenvalue weighted by Crippen LogP contribution is 2.26. The van der Waals surface area contributed by atoms with Gasteiger partial charge in [-0.2, -0.15) is 0 Å². The fourth-order valence-corrected chi connectivity index (χ4v) is 1.89. The molecule has 70 valence electrons. The van der Waals surface area contributed by atoms with Crippen LogP contribution in [0.2, 0.25) is 0 Å². The Morgan fingerprint density at radius 1 is 1.67 bits per heavy atom. The molecule has 0 spiro atoms. The van der Waals surface area contributed by atoms with E-state index >= 15 is 0 Å². The van der Waals surface area contributed by atoms with Crippen molar-refractivity contribution in [2.75, 3.05) is 6.61 Å². The standard InChI is InChI=1S/C9H17NO2/c1-6(2)8-3-7(4-11)10-9(8)5-12/h5-11H,3-4H2,1-2H3/t7-,8?,9?/m1/s1. The van der Waals surface area contributed by atoms with Crippen LogP contribution in [-0.4, -0.2) is 30.1 Å². The van der Waals surface area contributed by atoms with E-state index in [4.69, 9.17) is 5.11 Å². The van der Waals surface area contributed by atoms with Gasteiger partial charge in [0.15, 0.2) is 0 Å². The summed E-state index contributed by atoms with van der Waals surface area (Å²) in [5, 5.41) is 12.0. The number of hydrogen-bond donors (Lipinski definition) is 2. The topological polar surface area (TPSA) is 49.3 Å². The molecule has 1 fully saturated rings. The summed E-state index contributed by atoms with van der Waals surface area (Å²) in [4.78, 5) is 10.6. The second kappa shape index (κ2) is 4.01. The van der Waals surface area contributed by atoms with Crippen molar-refractivity contribution in [3.63, 3.8) is 0 Å². The van der Waals surface area contributed by atoms with Crippen LogP contribution in [0, 0.1) is 11.8 Å². The van der Waals surface area contributed by atoms with Gasteiger partial charge in [-0.1, -0.05) is 13.8 Å². The van der Waals surface area contributed by atoms with Gasteiger partial charge < -0.3 is 15.2 Å². The number of nitrogens with one attached hydrogen (secondary N) is 1. The molecule has 1 aliphatic rings. The first-order valence-corrected chi connectivity index (χ1v) is 4.51. The lowest BCUT2D eigenvalue weighted by molar-refractivity contribution is -0.110. The highest BCUT2D eigenvalue weighted by molar-refractivity contribution is 5.59. The van der Waals surface area contributed by atoms with Crippen molar-refractivity contribution >= 4 is 6.29 Å². The van der Waals surface area contributed by atoms with E-state index in [1.54, 1.807) is 0 Å². The molecule has 3 heteroatoms. The van der Waals surface area contributed by atoms with Gasteiger partial charge in [0.1, 0.15) is 6.29 Å². The zero-order valence-corrected chi connectivity index (χ0v) is 7.66. The molecule has 2 N–H and O–H groups in total. The molecule has 0 amide bonds. The Morgan fingerprint density at radius 2 is 2.33 bits per heavy atom. The van der Waals surface area contributed by atoms with E-state index in [-0.39, 0.29) is 18.7 Å². The Bertz CT molecular complexity index is 159. The Balaban J connectivity index is 2.56. The molecule has 0 aliphatic carbocycles. The van der Waals surface area contributed by atoms with E-state index in [0.29, 0.717) is 11.8 Å². The molecule has 1 saturated heterocycles. The average Bonchev–Trinajstić information content (AvgIpc) is 2.47. The smallest absolute Gasteiger partial charge is 0.137 e. The molecule has 0 radical (unpaired) electrons. The van der Waals surface area contributed by atoms with Gasteiger partial charge >= 0.3 is 0 Å². The molecule has 0 aromatic carbocycles. The van der Waals surface area contributed by atoms with E-state index in [1.165, 1.54) is 0 Å². The first-order chi connectivity index (χ1) is 5.69. The van der Waals surface area contributed by atoms with Gasteiger partial charge in [0.05, 0.1) is 12.6 Å². The summed E-state index contributed by atoms with van der Waals surface area (Å²) in [6.45, 7) is 4.36. The van der Waals surface area contributed by atoms with Gasteiger partial charge in [-0.05, 0) is 18.3 Å². The summed E-state index contributed by atoms with van der Waals surface area (Å²) < 4.78 is 0. The molecular formula is C9H17NO2. The lowest BCUT2D eigenvalue weighted by Crippen LogP contribution is -2.35. The highest BCUT2D eigenvalue weighted by Gasteiger charge is 2.34. The zero-order valence-electron chi connectivity index (χ0n) is 7.66. The fourth-order valence-electron chi connectivity index (χ4n) is 1.89. The number of rotatable bonds is 3. The third kappa shape index (κ3) is 1.84. The minimum Gasteiger partial charge on any atom is -0.395 e. The molecule has 1 heterocycles. The van der Waals surface area contributed by atoms with Crippen LogP contribution < -0.4 is 5.32 Å². The minimum atomic E-state index is -0.0536. The molecule has 3 atom stereocenters. The van der Waals surface area contributed by atoms with Crippen molar-refractivity contribution in [1.29, 1.82) is 0 Å². The minimum absolute atomic E-state index is 0.0536. The largest absolute Gasteiger partial charge is 0.395 e. The molecular weight excluding hydrogens is 154 g/mol. The van der Waals surface area contributed by atoms with Gasteiger partial charge in [0.25, 0.3) is 0 Å². The quantitative estimate of drug-likeness (QED) is 0.596. The zero-order chi connectivity index (χ0) is 9.14. The molecule has 0 aromatic heterocycles. The van der Waals surface area contributed by atoms with Crippen molar-refractivity contribution in [3.05, 3.63) is 0 Å². The normalized spacial score (nSPS) is 35.8. The van der Waals surface area contributed by atoms with E-state index in [1.807, 2.05) is 0 Å². The number of carbonyl (C=O) groups is 1. The maximum atomic E-state index is 10.6. The van der Waals surface area contributed by atoms with Gasteiger partial charge in [-0.25, -0.2) is 0 Å².